The lowest BCUT2D eigenvalue weighted by Crippen LogP contribution is -2.41. The molecule has 0 aromatic carbocycles. The Labute approximate surface area is 111 Å². The number of carbonyl (C=O) groups excluding carboxylic acids is 1. The van der Waals surface area contributed by atoms with Crippen molar-refractivity contribution in [2.75, 3.05) is 18.9 Å². The average molecular weight is 266 g/mol. The van der Waals surface area contributed by atoms with E-state index in [0.29, 0.717) is 11.6 Å². The minimum absolute atomic E-state index is 0.187. The van der Waals surface area contributed by atoms with Crippen LogP contribution in [0.2, 0.25) is 0 Å². The first-order valence-corrected chi connectivity index (χ1v) is 5.91. The first-order chi connectivity index (χ1) is 8.85. The van der Waals surface area contributed by atoms with Crippen molar-refractivity contribution in [1.29, 1.82) is 0 Å². The molecule has 0 bridgehead atoms. The van der Waals surface area contributed by atoms with Crippen LogP contribution in [0.1, 0.15) is 30.0 Å². The predicted molar refractivity (Wildman–Crippen MR) is 70.1 cm³/mol. The summed E-state index contributed by atoms with van der Waals surface area (Å²) < 4.78 is 0. The first kappa shape index (κ1) is 14.9. The molecule has 19 heavy (non-hydrogen) atoms. The monoisotopic (exact) mass is 266 g/mol. The first-order valence-electron chi connectivity index (χ1n) is 5.91. The molecule has 0 unspecified atom stereocenters. The Morgan fingerprint density at radius 2 is 2.05 bits per heavy atom. The molecule has 0 atom stereocenters. The van der Waals surface area contributed by atoms with Gasteiger partial charge in [-0.3, -0.25) is 9.59 Å². The van der Waals surface area contributed by atoms with E-state index < -0.39 is 11.9 Å². The molecule has 0 saturated carbocycles. The molecule has 7 heteroatoms. The molecular weight excluding hydrogens is 248 g/mol. The van der Waals surface area contributed by atoms with Crippen LogP contribution < -0.4 is 5.32 Å². The van der Waals surface area contributed by atoms with Gasteiger partial charge in [-0.2, -0.15) is 0 Å². The van der Waals surface area contributed by atoms with E-state index in [0.717, 1.165) is 0 Å². The number of carbonyl (C=O) groups is 2. The Morgan fingerprint density at radius 3 is 2.53 bits per heavy atom. The zero-order valence-electron chi connectivity index (χ0n) is 11.5. The van der Waals surface area contributed by atoms with E-state index in [4.69, 9.17) is 5.11 Å². The second-order valence-corrected chi connectivity index (χ2v) is 4.39. The molecule has 1 aromatic heterocycles. The molecule has 1 rings (SSSR count). The van der Waals surface area contributed by atoms with Gasteiger partial charge in [-0.05, 0) is 26.8 Å². The van der Waals surface area contributed by atoms with Crippen LogP contribution in [0.3, 0.4) is 0 Å². The molecule has 0 radical (unpaired) electrons. The van der Waals surface area contributed by atoms with Gasteiger partial charge in [-0.15, -0.1) is 0 Å². The van der Waals surface area contributed by atoms with Crippen molar-refractivity contribution in [3.8, 4) is 0 Å². The van der Waals surface area contributed by atoms with E-state index in [2.05, 4.69) is 15.3 Å². The third-order valence-corrected chi connectivity index (χ3v) is 2.49. The highest BCUT2D eigenvalue weighted by Crippen LogP contribution is 2.10. The van der Waals surface area contributed by atoms with E-state index >= 15 is 0 Å². The zero-order valence-corrected chi connectivity index (χ0v) is 11.5. The number of rotatable bonds is 5. The van der Waals surface area contributed by atoms with Crippen LogP contribution in [-0.4, -0.2) is 51.5 Å². The summed E-state index contributed by atoms with van der Waals surface area (Å²) in [5.74, 6) is -1.14. The lowest BCUT2D eigenvalue weighted by atomic mass is 10.2. The molecule has 0 saturated heterocycles. The molecule has 0 aliphatic heterocycles. The van der Waals surface area contributed by atoms with Crippen LogP contribution in [0.4, 0.5) is 5.95 Å². The highest BCUT2D eigenvalue weighted by atomic mass is 16.4. The van der Waals surface area contributed by atoms with Gasteiger partial charge in [0.15, 0.2) is 0 Å². The van der Waals surface area contributed by atoms with Gasteiger partial charge in [0.05, 0.1) is 0 Å². The number of aromatic nitrogens is 2. The molecular formula is C12H18N4O3. The molecule has 1 heterocycles. The Morgan fingerprint density at radius 1 is 1.42 bits per heavy atom. The summed E-state index contributed by atoms with van der Waals surface area (Å²) in [5.41, 5.74) is 0.827. The van der Waals surface area contributed by atoms with Crippen molar-refractivity contribution in [1.82, 2.24) is 14.9 Å². The number of amides is 1. The fraction of sp³-hybridized carbons (Fsp3) is 0.500. The number of carboxylic acids is 1. The van der Waals surface area contributed by atoms with Crippen LogP contribution >= 0.6 is 0 Å². The van der Waals surface area contributed by atoms with Gasteiger partial charge < -0.3 is 15.3 Å². The van der Waals surface area contributed by atoms with Gasteiger partial charge in [0.2, 0.25) is 5.95 Å². The zero-order chi connectivity index (χ0) is 14.6. The summed E-state index contributed by atoms with van der Waals surface area (Å²) in [6.45, 7) is 4.91. The smallest absolute Gasteiger partial charge is 0.323 e. The van der Waals surface area contributed by atoms with Gasteiger partial charge in [-0.1, -0.05) is 0 Å². The lowest BCUT2D eigenvalue weighted by Gasteiger charge is -2.24. The number of anilines is 1. The predicted octanol–water partition coefficient (Wildman–Crippen LogP) is 0.762. The Hall–Kier alpha value is -2.18. The third-order valence-electron chi connectivity index (χ3n) is 2.49. The summed E-state index contributed by atoms with van der Waals surface area (Å²) in [5, 5.41) is 11.6. The van der Waals surface area contributed by atoms with E-state index in [9.17, 15) is 9.59 Å². The van der Waals surface area contributed by atoms with Crippen molar-refractivity contribution in [2.24, 2.45) is 0 Å². The molecule has 7 nitrogen and oxygen atoms in total. The minimum Gasteiger partial charge on any atom is -0.480 e. The van der Waals surface area contributed by atoms with Gasteiger partial charge >= 0.3 is 5.97 Å². The van der Waals surface area contributed by atoms with Gasteiger partial charge in [0.1, 0.15) is 12.2 Å². The number of hydrogen-bond acceptors (Lipinski definition) is 5. The van der Waals surface area contributed by atoms with Crippen molar-refractivity contribution in [3.63, 3.8) is 0 Å². The van der Waals surface area contributed by atoms with Crippen molar-refractivity contribution in [3.05, 3.63) is 17.5 Å². The second-order valence-electron chi connectivity index (χ2n) is 4.39. The molecule has 2 N–H and O–H groups in total. The quantitative estimate of drug-likeness (QED) is 0.817. The Kier molecular flexibility index (Phi) is 4.80. The molecule has 1 aromatic rings. The summed E-state index contributed by atoms with van der Waals surface area (Å²) in [6, 6.07) is 1.32. The maximum absolute atomic E-state index is 12.3. The SMILES string of the molecule is CNc1nc(C)cc(C(=O)N(CC(=O)O)C(C)C)n1. The van der Waals surface area contributed by atoms with E-state index in [1.54, 1.807) is 33.9 Å². The lowest BCUT2D eigenvalue weighted by molar-refractivity contribution is -0.138. The molecule has 0 aliphatic rings. The highest BCUT2D eigenvalue weighted by Gasteiger charge is 2.23. The average Bonchev–Trinajstić information content (AvgIpc) is 2.33. The standard InChI is InChI=1S/C12H18N4O3/c1-7(2)16(6-10(17)18)11(19)9-5-8(3)14-12(13-4)15-9/h5,7H,6H2,1-4H3,(H,17,18)(H,13,14,15). The summed E-state index contributed by atoms with van der Waals surface area (Å²) in [7, 11) is 1.65. The van der Waals surface area contributed by atoms with E-state index in [1.807, 2.05) is 0 Å². The summed E-state index contributed by atoms with van der Waals surface area (Å²) >= 11 is 0. The van der Waals surface area contributed by atoms with Gasteiger partial charge in [-0.25, -0.2) is 9.97 Å². The van der Waals surface area contributed by atoms with Gasteiger partial charge in [0, 0.05) is 18.8 Å². The summed E-state index contributed by atoms with van der Waals surface area (Å²) in [6.07, 6.45) is 0. The molecule has 1 amide bonds. The number of carboxylic acid groups (broad SMARTS) is 1. The third kappa shape index (κ3) is 3.90. The summed E-state index contributed by atoms with van der Waals surface area (Å²) in [4.78, 5) is 32.5. The number of hydrogen-bond donors (Lipinski definition) is 2. The Balaban J connectivity index is 3.08. The van der Waals surface area contributed by atoms with Crippen molar-refractivity contribution >= 4 is 17.8 Å². The van der Waals surface area contributed by atoms with Crippen LogP contribution in [0.25, 0.3) is 0 Å². The van der Waals surface area contributed by atoms with Crippen molar-refractivity contribution in [2.45, 2.75) is 26.8 Å². The largest absolute Gasteiger partial charge is 0.480 e. The van der Waals surface area contributed by atoms with Crippen LogP contribution in [0.5, 0.6) is 0 Å². The number of aliphatic carboxylic acids is 1. The number of nitrogens with zero attached hydrogens (tertiary/aromatic N) is 3. The second kappa shape index (κ2) is 6.12. The van der Waals surface area contributed by atoms with Crippen molar-refractivity contribution < 1.29 is 14.7 Å². The highest BCUT2D eigenvalue weighted by molar-refractivity contribution is 5.94. The fourth-order valence-electron chi connectivity index (χ4n) is 1.57. The Bertz CT molecular complexity index is 488. The maximum Gasteiger partial charge on any atom is 0.323 e. The molecule has 0 fully saturated rings. The fourth-order valence-corrected chi connectivity index (χ4v) is 1.57. The number of nitrogens with one attached hydrogen (secondary N) is 1. The van der Waals surface area contributed by atoms with E-state index in [-0.39, 0.29) is 18.3 Å². The van der Waals surface area contributed by atoms with Crippen LogP contribution in [0.15, 0.2) is 6.07 Å². The molecule has 104 valence electrons. The van der Waals surface area contributed by atoms with E-state index in [1.165, 1.54) is 4.90 Å². The number of aryl methyl sites for hydroxylation is 1. The molecule has 0 spiro atoms. The van der Waals surface area contributed by atoms with Crippen LogP contribution in [-0.2, 0) is 4.79 Å². The van der Waals surface area contributed by atoms with Crippen LogP contribution in [0, 0.1) is 6.92 Å². The normalized spacial score (nSPS) is 10.4. The minimum atomic E-state index is -1.05. The van der Waals surface area contributed by atoms with Gasteiger partial charge in [0.25, 0.3) is 5.91 Å². The topological polar surface area (TPSA) is 95.4 Å². The maximum atomic E-state index is 12.3. The molecule has 0 aliphatic carbocycles.